The third-order valence-electron chi connectivity index (χ3n) is 2.80. The summed E-state index contributed by atoms with van der Waals surface area (Å²) in [5.74, 6) is -0.999. The summed E-state index contributed by atoms with van der Waals surface area (Å²) in [7, 11) is 1.87. The van der Waals surface area contributed by atoms with E-state index >= 15 is 0 Å². The van der Waals surface area contributed by atoms with Gasteiger partial charge in [0, 0.05) is 18.6 Å². The first kappa shape index (κ1) is 17.5. The lowest BCUT2D eigenvalue weighted by molar-refractivity contribution is -0.154. The van der Waals surface area contributed by atoms with Crippen LogP contribution >= 0.6 is 0 Å². The van der Waals surface area contributed by atoms with E-state index in [4.69, 9.17) is 0 Å². The van der Waals surface area contributed by atoms with Crippen LogP contribution in [0.3, 0.4) is 0 Å². The average Bonchev–Trinajstić information content (AvgIpc) is 2.24. The van der Waals surface area contributed by atoms with Crippen molar-refractivity contribution in [2.75, 3.05) is 13.6 Å². The van der Waals surface area contributed by atoms with Crippen molar-refractivity contribution >= 4 is 5.91 Å². The van der Waals surface area contributed by atoms with Crippen LogP contribution in [0.2, 0.25) is 0 Å². The zero-order valence-electron chi connectivity index (χ0n) is 12.5. The summed E-state index contributed by atoms with van der Waals surface area (Å²) in [6, 6.07) is 9.74. The van der Waals surface area contributed by atoms with E-state index in [2.05, 4.69) is 5.32 Å². The van der Waals surface area contributed by atoms with Crippen LogP contribution in [0.5, 0.6) is 0 Å². The number of hydrogen-bond acceptors (Lipinski definition) is 2. The van der Waals surface area contributed by atoms with Crippen LogP contribution in [-0.2, 0) is 11.3 Å². The first-order valence-electron chi connectivity index (χ1n) is 6.68. The Hall–Kier alpha value is -1.56. The predicted molar refractivity (Wildman–Crippen MR) is 75.7 cm³/mol. The molecule has 6 heteroatoms. The molecule has 0 fully saturated rings. The Morgan fingerprint density at radius 3 is 2.29 bits per heavy atom. The summed E-state index contributed by atoms with van der Waals surface area (Å²) >= 11 is 0. The van der Waals surface area contributed by atoms with Crippen molar-refractivity contribution in [3.63, 3.8) is 0 Å². The summed E-state index contributed by atoms with van der Waals surface area (Å²) < 4.78 is 36.5. The fourth-order valence-electron chi connectivity index (χ4n) is 2.27. The fraction of sp³-hybridized carbons (Fsp3) is 0.533. The number of carbonyl (C=O) groups is 1. The van der Waals surface area contributed by atoms with E-state index < -0.39 is 24.0 Å². The number of hydrogen-bond donors (Lipinski definition) is 1. The van der Waals surface area contributed by atoms with Crippen molar-refractivity contribution in [2.24, 2.45) is 0 Å². The van der Waals surface area contributed by atoms with Crippen molar-refractivity contribution in [2.45, 2.75) is 38.5 Å². The molecule has 0 heterocycles. The number of carbonyl (C=O) groups excluding carboxylic acids is 1. The van der Waals surface area contributed by atoms with Gasteiger partial charge in [0.15, 0.2) is 0 Å². The SMILES string of the molecule is CN(Cc1ccccc1)CC(C)(C)NC(=O)CC(F)(F)F. The molecule has 3 nitrogen and oxygen atoms in total. The number of likely N-dealkylation sites (N-methyl/N-ethyl adjacent to an activating group) is 1. The summed E-state index contributed by atoms with van der Waals surface area (Å²) in [6.07, 6.45) is -5.92. The van der Waals surface area contributed by atoms with E-state index in [0.29, 0.717) is 13.1 Å². The molecular formula is C15H21F3N2O. The Bertz CT molecular complexity index is 458. The molecule has 0 saturated carbocycles. The minimum absolute atomic E-state index is 0.450. The molecule has 1 aromatic carbocycles. The van der Waals surface area contributed by atoms with E-state index in [9.17, 15) is 18.0 Å². The number of halogens is 3. The second-order valence-corrected chi connectivity index (χ2v) is 5.88. The molecule has 0 unspecified atom stereocenters. The number of benzene rings is 1. The maximum atomic E-state index is 12.2. The van der Waals surface area contributed by atoms with Gasteiger partial charge in [0.2, 0.25) is 5.91 Å². The maximum Gasteiger partial charge on any atom is 0.397 e. The Morgan fingerprint density at radius 1 is 1.19 bits per heavy atom. The largest absolute Gasteiger partial charge is 0.397 e. The molecule has 21 heavy (non-hydrogen) atoms. The highest BCUT2D eigenvalue weighted by atomic mass is 19.4. The minimum Gasteiger partial charge on any atom is -0.350 e. The molecule has 1 rings (SSSR count). The lowest BCUT2D eigenvalue weighted by atomic mass is 10.0. The molecule has 0 aromatic heterocycles. The number of nitrogens with one attached hydrogen (secondary N) is 1. The van der Waals surface area contributed by atoms with Gasteiger partial charge >= 0.3 is 6.18 Å². The van der Waals surface area contributed by atoms with Gasteiger partial charge in [0.05, 0.1) is 0 Å². The van der Waals surface area contributed by atoms with Crippen molar-refractivity contribution in [1.82, 2.24) is 10.2 Å². The Morgan fingerprint density at radius 2 is 1.76 bits per heavy atom. The summed E-state index contributed by atoms with van der Waals surface area (Å²) in [4.78, 5) is 13.3. The topological polar surface area (TPSA) is 32.3 Å². The van der Waals surface area contributed by atoms with Crippen molar-refractivity contribution in [3.8, 4) is 0 Å². The van der Waals surface area contributed by atoms with Gasteiger partial charge in [-0.15, -0.1) is 0 Å². The molecule has 0 atom stereocenters. The molecule has 0 saturated heterocycles. The van der Waals surface area contributed by atoms with Crippen LogP contribution < -0.4 is 5.32 Å². The number of alkyl halides is 3. The second-order valence-electron chi connectivity index (χ2n) is 5.88. The molecule has 0 aliphatic rings. The van der Waals surface area contributed by atoms with Gasteiger partial charge in [-0.1, -0.05) is 30.3 Å². The highest BCUT2D eigenvalue weighted by Crippen LogP contribution is 2.20. The molecule has 0 radical (unpaired) electrons. The number of rotatable bonds is 6. The van der Waals surface area contributed by atoms with Crippen molar-refractivity contribution in [3.05, 3.63) is 35.9 Å². The maximum absolute atomic E-state index is 12.2. The highest BCUT2D eigenvalue weighted by Gasteiger charge is 2.33. The quantitative estimate of drug-likeness (QED) is 0.876. The highest BCUT2D eigenvalue weighted by molar-refractivity contribution is 5.77. The lowest BCUT2D eigenvalue weighted by Gasteiger charge is -2.31. The molecule has 0 aliphatic heterocycles. The monoisotopic (exact) mass is 302 g/mol. The van der Waals surface area contributed by atoms with Crippen LogP contribution in [0.25, 0.3) is 0 Å². The molecule has 0 spiro atoms. The molecule has 0 bridgehead atoms. The smallest absolute Gasteiger partial charge is 0.350 e. The zero-order chi connectivity index (χ0) is 16.1. The van der Waals surface area contributed by atoms with Crippen LogP contribution in [0.1, 0.15) is 25.8 Å². The van der Waals surface area contributed by atoms with E-state index in [1.807, 2.05) is 42.3 Å². The second kappa shape index (κ2) is 6.93. The fourth-order valence-corrected chi connectivity index (χ4v) is 2.27. The predicted octanol–water partition coefficient (Wildman–Crippen LogP) is 2.97. The van der Waals surface area contributed by atoms with Crippen LogP contribution in [0.15, 0.2) is 30.3 Å². The zero-order valence-corrected chi connectivity index (χ0v) is 12.5. The molecule has 1 aromatic rings. The van der Waals surface area contributed by atoms with E-state index in [1.54, 1.807) is 13.8 Å². The minimum atomic E-state index is -4.48. The number of amides is 1. The number of nitrogens with zero attached hydrogens (tertiary/aromatic N) is 1. The Kier molecular flexibility index (Phi) is 5.78. The van der Waals surface area contributed by atoms with Crippen LogP contribution in [0.4, 0.5) is 13.2 Å². The van der Waals surface area contributed by atoms with E-state index in [-0.39, 0.29) is 0 Å². The Labute approximate surface area is 123 Å². The van der Waals surface area contributed by atoms with Gasteiger partial charge in [0.25, 0.3) is 0 Å². The molecular weight excluding hydrogens is 281 g/mol. The third kappa shape index (κ3) is 7.70. The average molecular weight is 302 g/mol. The first-order valence-corrected chi connectivity index (χ1v) is 6.68. The molecule has 0 aliphatic carbocycles. The van der Waals surface area contributed by atoms with Gasteiger partial charge < -0.3 is 5.32 Å². The van der Waals surface area contributed by atoms with Gasteiger partial charge in [-0.05, 0) is 26.5 Å². The molecule has 1 amide bonds. The molecule has 118 valence electrons. The van der Waals surface area contributed by atoms with Crippen LogP contribution in [0, 0.1) is 0 Å². The van der Waals surface area contributed by atoms with Crippen molar-refractivity contribution in [1.29, 1.82) is 0 Å². The third-order valence-corrected chi connectivity index (χ3v) is 2.80. The van der Waals surface area contributed by atoms with Crippen molar-refractivity contribution < 1.29 is 18.0 Å². The summed E-state index contributed by atoms with van der Waals surface area (Å²) in [5, 5.41) is 2.43. The lowest BCUT2D eigenvalue weighted by Crippen LogP contribution is -2.51. The van der Waals surface area contributed by atoms with Gasteiger partial charge in [-0.3, -0.25) is 9.69 Å². The Balaban J connectivity index is 2.49. The van der Waals surface area contributed by atoms with Gasteiger partial charge in [-0.2, -0.15) is 13.2 Å². The molecule has 1 N–H and O–H groups in total. The van der Waals surface area contributed by atoms with E-state index in [1.165, 1.54) is 0 Å². The van der Waals surface area contributed by atoms with Crippen LogP contribution in [-0.4, -0.2) is 36.1 Å². The van der Waals surface area contributed by atoms with Gasteiger partial charge in [0.1, 0.15) is 6.42 Å². The van der Waals surface area contributed by atoms with E-state index in [0.717, 1.165) is 5.56 Å². The normalized spacial score (nSPS) is 12.5. The first-order chi connectivity index (χ1) is 9.57. The standard InChI is InChI=1S/C15H21F3N2O/c1-14(2,19-13(21)9-15(16,17)18)11-20(3)10-12-7-5-4-6-8-12/h4-8H,9-11H2,1-3H3,(H,19,21). The summed E-state index contributed by atoms with van der Waals surface area (Å²) in [5.41, 5.74) is 0.378. The summed E-state index contributed by atoms with van der Waals surface area (Å²) in [6.45, 7) is 4.54. The van der Waals surface area contributed by atoms with Gasteiger partial charge in [-0.25, -0.2) is 0 Å².